The van der Waals surface area contributed by atoms with Crippen LogP contribution in [0.2, 0.25) is 0 Å². The SMILES string of the molecule is Nc1cccc(SCCS(=O)(=O)N2CCC(CCO)C2)c1. The van der Waals surface area contributed by atoms with Crippen molar-refractivity contribution in [2.45, 2.75) is 17.7 Å². The lowest BCUT2D eigenvalue weighted by Gasteiger charge is -2.16. The van der Waals surface area contributed by atoms with Crippen LogP contribution in [0.3, 0.4) is 0 Å². The van der Waals surface area contributed by atoms with E-state index in [1.165, 1.54) is 11.8 Å². The molecule has 0 aliphatic carbocycles. The number of hydrogen-bond acceptors (Lipinski definition) is 5. The van der Waals surface area contributed by atoms with Gasteiger partial charge in [-0.3, -0.25) is 0 Å². The third-order valence-corrected chi connectivity index (χ3v) is 6.74. The van der Waals surface area contributed by atoms with Gasteiger partial charge in [0.2, 0.25) is 10.0 Å². The molecule has 1 unspecified atom stereocenters. The maximum Gasteiger partial charge on any atom is 0.214 e. The third-order valence-electron chi connectivity index (χ3n) is 3.65. The minimum absolute atomic E-state index is 0.129. The zero-order valence-corrected chi connectivity index (χ0v) is 13.6. The van der Waals surface area contributed by atoms with E-state index < -0.39 is 10.0 Å². The van der Waals surface area contributed by atoms with Gasteiger partial charge in [0.1, 0.15) is 0 Å². The minimum atomic E-state index is -3.19. The summed E-state index contributed by atoms with van der Waals surface area (Å²) in [5.41, 5.74) is 6.39. The summed E-state index contributed by atoms with van der Waals surface area (Å²) < 4.78 is 26.1. The number of rotatable bonds is 7. The summed E-state index contributed by atoms with van der Waals surface area (Å²) in [6, 6.07) is 7.46. The Morgan fingerprint density at radius 3 is 2.95 bits per heavy atom. The molecule has 1 aromatic carbocycles. The van der Waals surface area contributed by atoms with Crippen molar-refractivity contribution in [3.8, 4) is 0 Å². The van der Waals surface area contributed by atoms with Crippen LogP contribution in [0, 0.1) is 5.92 Å². The highest BCUT2D eigenvalue weighted by atomic mass is 32.2. The fourth-order valence-electron chi connectivity index (χ4n) is 2.47. The third kappa shape index (κ3) is 4.88. The van der Waals surface area contributed by atoms with Crippen LogP contribution in [-0.2, 0) is 10.0 Å². The van der Waals surface area contributed by atoms with Crippen molar-refractivity contribution < 1.29 is 13.5 Å². The molecule has 1 aliphatic heterocycles. The Bertz CT molecular complexity index is 563. The first kappa shape index (κ1) is 16.6. The van der Waals surface area contributed by atoms with Gasteiger partial charge in [0, 0.05) is 36.0 Å². The summed E-state index contributed by atoms with van der Waals surface area (Å²) in [6.07, 6.45) is 1.53. The van der Waals surface area contributed by atoms with E-state index in [4.69, 9.17) is 10.8 Å². The Labute approximate surface area is 130 Å². The second kappa shape index (κ2) is 7.49. The summed E-state index contributed by atoms with van der Waals surface area (Å²) >= 11 is 1.51. The topological polar surface area (TPSA) is 83.6 Å². The standard InChI is InChI=1S/C14H22N2O3S2/c15-13-2-1-3-14(10-13)20-8-9-21(18,19)16-6-4-12(11-16)5-7-17/h1-3,10,12,17H,4-9,11,15H2. The number of nitrogen functional groups attached to an aromatic ring is 1. The molecule has 0 amide bonds. The molecule has 2 rings (SSSR count). The highest BCUT2D eigenvalue weighted by Crippen LogP contribution is 2.24. The molecule has 1 fully saturated rings. The van der Waals surface area contributed by atoms with Crippen LogP contribution in [0.5, 0.6) is 0 Å². The first-order valence-corrected chi connectivity index (χ1v) is 9.68. The molecular weight excluding hydrogens is 308 g/mol. The Morgan fingerprint density at radius 1 is 1.43 bits per heavy atom. The second-order valence-electron chi connectivity index (χ2n) is 5.26. The first-order valence-electron chi connectivity index (χ1n) is 7.08. The summed E-state index contributed by atoms with van der Waals surface area (Å²) in [5, 5.41) is 8.92. The maximum atomic E-state index is 12.3. The molecule has 0 bridgehead atoms. The van der Waals surface area contributed by atoms with E-state index in [-0.39, 0.29) is 12.4 Å². The van der Waals surface area contributed by atoms with Gasteiger partial charge in [-0.15, -0.1) is 11.8 Å². The molecule has 3 N–H and O–H groups in total. The number of sulfonamides is 1. The van der Waals surface area contributed by atoms with E-state index in [1.807, 2.05) is 24.3 Å². The number of anilines is 1. The van der Waals surface area contributed by atoms with E-state index in [0.29, 0.717) is 36.9 Å². The van der Waals surface area contributed by atoms with E-state index >= 15 is 0 Å². The fourth-order valence-corrected chi connectivity index (χ4v) is 5.35. The molecule has 7 heteroatoms. The van der Waals surface area contributed by atoms with Crippen molar-refractivity contribution in [1.82, 2.24) is 4.31 Å². The van der Waals surface area contributed by atoms with E-state index in [2.05, 4.69) is 0 Å². The summed E-state index contributed by atoms with van der Waals surface area (Å²) in [5.74, 6) is 0.956. The predicted octanol–water partition coefficient (Wildman–Crippen LogP) is 1.39. The molecule has 118 valence electrons. The molecule has 0 aromatic heterocycles. The van der Waals surface area contributed by atoms with Crippen molar-refractivity contribution in [2.75, 3.05) is 36.9 Å². The van der Waals surface area contributed by atoms with Crippen LogP contribution < -0.4 is 5.73 Å². The zero-order valence-electron chi connectivity index (χ0n) is 11.9. The number of benzene rings is 1. The minimum Gasteiger partial charge on any atom is -0.399 e. The Morgan fingerprint density at radius 2 is 2.24 bits per heavy atom. The van der Waals surface area contributed by atoms with Crippen LogP contribution in [-0.4, -0.2) is 49.0 Å². The highest BCUT2D eigenvalue weighted by Gasteiger charge is 2.30. The lowest BCUT2D eigenvalue weighted by atomic mass is 10.1. The summed E-state index contributed by atoms with van der Waals surface area (Å²) in [6.45, 7) is 1.26. The predicted molar refractivity (Wildman–Crippen MR) is 86.7 cm³/mol. The molecule has 0 radical (unpaired) electrons. The highest BCUT2D eigenvalue weighted by molar-refractivity contribution is 8.00. The first-order chi connectivity index (χ1) is 10.0. The van der Waals surface area contributed by atoms with Crippen LogP contribution >= 0.6 is 11.8 Å². The van der Waals surface area contributed by atoms with Crippen molar-refractivity contribution >= 4 is 27.5 Å². The van der Waals surface area contributed by atoms with Crippen molar-refractivity contribution in [3.63, 3.8) is 0 Å². The largest absolute Gasteiger partial charge is 0.399 e. The zero-order chi connectivity index (χ0) is 15.3. The van der Waals surface area contributed by atoms with Crippen molar-refractivity contribution in [1.29, 1.82) is 0 Å². The van der Waals surface area contributed by atoms with Crippen molar-refractivity contribution in [2.24, 2.45) is 5.92 Å². The molecule has 0 saturated carbocycles. The van der Waals surface area contributed by atoms with E-state index in [1.54, 1.807) is 4.31 Å². The second-order valence-corrected chi connectivity index (χ2v) is 8.52. The van der Waals surface area contributed by atoms with Gasteiger partial charge < -0.3 is 10.8 Å². The number of hydrogen-bond donors (Lipinski definition) is 2. The lowest BCUT2D eigenvalue weighted by molar-refractivity contribution is 0.260. The van der Waals surface area contributed by atoms with Crippen LogP contribution in [0.4, 0.5) is 5.69 Å². The molecule has 1 aromatic rings. The Balaban J connectivity index is 1.82. The number of nitrogens with zero attached hydrogens (tertiary/aromatic N) is 1. The summed E-state index contributed by atoms with van der Waals surface area (Å²) in [7, 11) is -3.19. The number of aliphatic hydroxyl groups excluding tert-OH is 1. The monoisotopic (exact) mass is 330 g/mol. The van der Waals surface area contributed by atoms with E-state index in [0.717, 1.165) is 11.3 Å². The Kier molecular flexibility index (Phi) is 5.92. The van der Waals surface area contributed by atoms with Gasteiger partial charge in [-0.2, -0.15) is 0 Å². The van der Waals surface area contributed by atoms with Gasteiger partial charge >= 0.3 is 0 Å². The van der Waals surface area contributed by atoms with Gasteiger partial charge in [-0.25, -0.2) is 12.7 Å². The number of thioether (sulfide) groups is 1. The molecule has 21 heavy (non-hydrogen) atoms. The normalized spacial score (nSPS) is 20.0. The number of nitrogens with two attached hydrogens (primary N) is 1. The average Bonchev–Trinajstić information content (AvgIpc) is 2.88. The smallest absolute Gasteiger partial charge is 0.214 e. The van der Waals surface area contributed by atoms with Crippen molar-refractivity contribution in [3.05, 3.63) is 24.3 Å². The van der Waals surface area contributed by atoms with Gasteiger partial charge in [-0.1, -0.05) is 6.07 Å². The molecule has 1 heterocycles. The number of aliphatic hydroxyl groups is 1. The molecule has 5 nitrogen and oxygen atoms in total. The van der Waals surface area contributed by atoms with Gasteiger partial charge in [0.15, 0.2) is 0 Å². The van der Waals surface area contributed by atoms with Crippen LogP contribution in [0.15, 0.2) is 29.2 Å². The molecular formula is C14H22N2O3S2. The quantitative estimate of drug-likeness (QED) is 0.583. The molecule has 1 atom stereocenters. The molecule has 1 aliphatic rings. The van der Waals surface area contributed by atoms with E-state index in [9.17, 15) is 8.42 Å². The van der Waals surface area contributed by atoms with Gasteiger partial charge in [0.05, 0.1) is 5.75 Å². The average molecular weight is 330 g/mol. The molecule has 0 spiro atoms. The fraction of sp³-hybridized carbons (Fsp3) is 0.571. The van der Waals surface area contributed by atoms with Gasteiger partial charge in [-0.05, 0) is 37.0 Å². The lowest BCUT2D eigenvalue weighted by Crippen LogP contribution is -2.31. The van der Waals surface area contributed by atoms with Crippen LogP contribution in [0.1, 0.15) is 12.8 Å². The summed E-state index contributed by atoms with van der Waals surface area (Å²) in [4.78, 5) is 0.991. The van der Waals surface area contributed by atoms with Gasteiger partial charge in [0.25, 0.3) is 0 Å². The maximum absolute atomic E-state index is 12.3. The Hall–Kier alpha value is -0.760. The molecule has 1 saturated heterocycles. The van der Waals surface area contributed by atoms with Crippen LogP contribution in [0.25, 0.3) is 0 Å².